The lowest BCUT2D eigenvalue weighted by Gasteiger charge is -2.22. The van der Waals surface area contributed by atoms with Gasteiger partial charge in [0, 0.05) is 0 Å². The molecule has 66 heavy (non-hydrogen) atoms. The van der Waals surface area contributed by atoms with Gasteiger partial charge in [0.25, 0.3) is 0 Å². The lowest BCUT2D eigenvalue weighted by molar-refractivity contribution is 1.69. The molecule has 0 amide bonds. The normalized spacial score (nSPS) is 11.9. The summed E-state index contributed by atoms with van der Waals surface area (Å²) in [6, 6.07) is 90.6. The molecule has 0 aromatic heterocycles. The van der Waals surface area contributed by atoms with Crippen LogP contribution in [0.5, 0.6) is 0 Å². The largest absolute Gasteiger partial charge is 0.0616 e. The average molecular weight is 833 g/mol. The highest BCUT2D eigenvalue weighted by Gasteiger charge is 2.23. The molecule has 0 fully saturated rings. The Kier molecular flexibility index (Phi) is 8.08. The Morgan fingerprint density at radius 3 is 0.727 bits per heavy atom. The second kappa shape index (κ2) is 14.5. The first kappa shape index (κ1) is 36.9. The van der Waals surface area contributed by atoms with E-state index >= 15 is 0 Å². The summed E-state index contributed by atoms with van der Waals surface area (Å²) in [7, 11) is 0. The molecule has 0 aliphatic heterocycles. The third-order valence-electron chi connectivity index (χ3n) is 14.4. The summed E-state index contributed by atoms with van der Waals surface area (Å²) in [5, 5.41) is 22.7. The van der Waals surface area contributed by atoms with E-state index in [0.717, 1.165) is 0 Å². The summed E-state index contributed by atoms with van der Waals surface area (Å²) < 4.78 is 0. The molecule has 0 saturated carbocycles. The lowest BCUT2D eigenvalue weighted by Crippen LogP contribution is -1.94. The van der Waals surface area contributed by atoms with Crippen molar-refractivity contribution in [2.45, 2.75) is 0 Å². The minimum atomic E-state index is 1.23. The maximum absolute atomic E-state index is 2.51. The predicted molar refractivity (Wildman–Crippen MR) is 286 cm³/mol. The summed E-state index contributed by atoms with van der Waals surface area (Å²) in [6.45, 7) is 0. The molecule has 0 heteroatoms. The van der Waals surface area contributed by atoms with Crippen LogP contribution >= 0.6 is 0 Å². The summed E-state index contributed by atoms with van der Waals surface area (Å²) in [5.74, 6) is 0. The Hall–Kier alpha value is -8.58. The summed E-state index contributed by atoms with van der Waals surface area (Å²) >= 11 is 0. The zero-order valence-electron chi connectivity index (χ0n) is 36.1. The van der Waals surface area contributed by atoms with Gasteiger partial charge in [0.2, 0.25) is 0 Å². The van der Waals surface area contributed by atoms with Crippen molar-refractivity contribution in [3.63, 3.8) is 0 Å². The Morgan fingerprint density at radius 1 is 0.152 bits per heavy atom. The minimum absolute atomic E-state index is 1.23. The van der Waals surface area contributed by atoms with Gasteiger partial charge in [-0.15, -0.1) is 0 Å². The molecule has 14 aromatic rings. The van der Waals surface area contributed by atoms with E-state index in [2.05, 4.69) is 243 Å². The van der Waals surface area contributed by atoms with Crippen LogP contribution in [-0.2, 0) is 0 Å². The first-order valence-corrected chi connectivity index (χ1v) is 23.0. The molecule has 0 N–H and O–H groups in total. The van der Waals surface area contributed by atoms with Gasteiger partial charge in [0.15, 0.2) is 0 Å². The van der Waals surface area contributed by atoms with Crippen molar-refractivity contribution in [3.05, 3.63) is 243 Å². The van der Waals surface area contributed by atoms with Crippen molar-refractivity contribution < 1.29 is 0 Å². The fourth-order valence-electron chi connectivity index (χ4n) is 11.7. The van der Waals surface area contributed by atoms with E-state index in [-0.39, 0.29) is 0 Å². The molecule has 0 spiro atoms. The highest BCUT2D eigenvalue weighted by atomic mass is 14.3. The van der Waals surface area contributed by atoms with Crippen LogP contribution in [0.4, 0.5) is 0 Å². The molecule has 0 unspecified atom stereocenters. The van der Waals surface area contributed by atoms with E-state index in [1.807, 2.05) is 0 Å². The summed E-state index contributed by atoms with van der Waals surface area (Å²) in [6.07, 6.45) is 0. The molecule has 0 nitrogen and oxygen atoms in total. The Labute approximate surface area is 382 Å². The van der Waals surface area contributed by atoms with Gasteiger partial charge in [-0.3, -0.25) is 0 Å². The van der Waals surface area contributed by atoms with E-state index < -0.39 is 0 Å². The second-order valence-corrected chi connectivity index (χ2v) is 17.8. The molecular weight excluding hydrogens is 793 g/mol. The molecule has 14 rings (SSSR count). The van der Waals surface area contributed by atoms with Gasteiger partial charge in [-0.1, -0.05) is 231 Å². The van der Waals surface area contributed by atoms with Crippen LogP contribution < -0.4 is 0 Å². The third-order valence-corrected chi connectivity index (χ3v) is 14.4. The highest BCUT2D eigenvalue weighted by molar-refractivity contribution is 6.32. The topological polar surface area (TPSA) is 0 Å². The van der Waals surface area contributed by atoms with Gasteiger partial charge in [-0.05, 0) is 154 Å². The maximum atomic E-state index is 2.51. The Bertz CT molecular complexity index is 3940. The Balaban J connectivity index is 1.11. The zero-order valence-corrected chi connectivity index (χ0v) is 36.1. The third kappa shape index (κ3) is 5.33. The zero-order chi connectivity index (χ0) is 43.3. The molecule has 0 aliphatic carbocycles. The van der Waals surface area contributed by atoms with Gasteiger partial charge < -0.3 is 0 Å². The van der Waals surface area contributed by atoms with E-state index in [1.165, 1.54) is 141 Å². The molecule has 14 aromatic carbocycles. The van der Waals surface area contributed by atoms with Gasteiger partial charge in [-0.25, -0.2) is 0 Å². The van der Waals surface area contributed by atoms with Crippen molar-refractivity contribution in [2.75, 3.05) is 0 Å². The quantitative estimate of drug-likeness (QED) is 0.122. The molecule has 0 aliphatic rings. The molecule has 0 atom stereocenters. The fourth-order valence-corrected chi connectivity index (χ4v) is 11.7. The van der Waals surface area contributed by atoms with Crippen LogP contribution in [-0.4, -0.2) is 0 Å². The predicted octanol–water partition coefficient (Wildman–Crippen LogP) is 18.7. The molecular formula is C66H40. The van der Waals surface area contributed by atoms with Crippen LogP contribution in [0.15, 0.2) is 243 Å². The van der Waals surface area contributed by atoms with Crippen molar-refractivity contribution in [1.29, 1.82) is 0 Å². The first-order chi connectivity index (χ1) is 32.8. The molecule has 0 saturated heterocycles. The van der Waals surface area contributed by atoms with Gasteiger partial charge in [-0.2, -0.15) is 0 Å². The number of fused-ring (bicyclic) bond motifs is 11. The maximum Gasteiger partial charge on any atom is -0.00199 e. The number of hydrogen-bond acceptors (Lipinski definition) is 0. The van der Waals surface area contributed by atoms with Crippen molar-refractivity contribution in [2.24, 2.45) is 0 Å². The standard InChI is InChI=1S/C66H40/c1-3-23-44-41(19-1)21-17-37-48(44)63-52-29-9-13-33-56(52)65(57-34-14-10-30-53(57)63)60-39-43-40-61(47-26-6-8-28-51(47)62(43)50-27-7-5-25-46(50)60)66-58-35-15-11-31-54(58)64(55-32-12-16-36-59(55)66)49-38-18-22-42-20-2-4-24-45(42)49/h1-40H. The fraction of sp³-hybridized carbons (Fsp3) is 0. The van der Waals surface area contributed by atoms with Crippen LogP contribution in [0, 0.1) is 0 Å². The number of hydrogen-bond donors (Lipinski definition) is 0. The SMILES string of the molecule is c1ccc2c(-c3c4ccccc4c(-c4cc5cc(-c6c7ccccc7c(-c7cccc8ccccc78)c7ccccc67)c6ccccc6c5c5ccccc45)c4ccccc34)cccc2c1. The Morgan fingerprint density at radius 2 is 0.394 bits per heavy atom. The van der Waals surface area contributed by atoms with Gasteiger partial charge in [0.05, 0.1) is 0 Å². The second-order valence-electron chi connectivity index (χ2n) is 17.8. The monoisotopic (exact) mass is 832 g/mol. The summed E-state index contributed by atoms with van der Waals surface area (Å²) in [4.78, 5) is 0. The minimum Gasteiger partial charge on any atom is -0.0616 e. The van der Waals surface area contributed by atoms with E-state index in [1.54, 1.807) is 0 Å². The summed E-state index contributed by atoms with van der Waals surface area (Å²) in [5.41, 5.74) is 10.1. The van der Waals surface area contributed by atoms with Crippen LogP contribution in [0.25, 0.3) is 141 Å². The van der Waals surface area contributed by atoms with Crippen molar-refractivity contribution >= 4 is 97.0 Å². The highest BCUT2D eigenvalue weighted by Crippen LogP contribution is 2.51. The molecule has 0 heterocycles. The van der Waals surface area contributed by atoms with Crippen LogP contribution in [0.3, 0.4) is 0 Å². The average Bonchev–Trinajstić information content (AvgIpc) is 3.39. The van der Waals surface area contributed by atoms with E-state index in [4.69, 9.17) is 0 Å². The van der Waals surface area contributed by atoms with E-state index in [9.17, 15) is 0 Å². The van der Waals surface area contributed by atoms with Crippen LogP contribution in [0.2, 0.25) is 0 Å². The van der Waals surface area contributed by atoms with Gasteiger partial charge >= 0.3 is 0 Å². The van der Waals surface area contributed by atoms with Crippen molar-refractivity contribution in [3.8, 4) is 44.5 Å². The molecule has 0 radical (unpaired) electrons. The molecule has 304 valence electrons. The van der Waals surface area contributed by atoms with Gasteiger partial charge in [0.1, 0.15) is 0 Å². The van der Waals surface area contributed by atoms with Crippen molar-refractivity contribution in [1.82, 2.24) is 0 Å². The first-order valence-electron chi connectivity index (χ1n) is 23.0. The smallest absolute Gasteiger partial charge is 0.00199 e. The number of benzene rings is 14. The number of rotatable bonds is 4. The lowest BCUT2D eigenvalue weighted by atomic mass is 9.81. The molecule has 0 bridgehead atoms. The van der Waals surface area contributed by atoms with Crippen LogP contribution in [0.1, 0.15) is 0 Å². The van der Waals surface area contributed by atoms with E-state index in [0.29, 0.717) is 0 Å².